The first-order chi connectivity index (χ1) is 9.75. The number of nitrogens with one attached hydrogen (secondary N) is 2. The third-order valence-corrected chi connectivity index (χ3v) is 3.57. The molecular formula is C15H19F3N2O. The molecule has 21 heavy (non-hydrogen) atoms. The number of hydrogen-bond acceptors (Lipinski definition) is 2. The molecule has 3 nitrogen and oxygen atoms in total. The average Bonchev–Trinajstić information content (AvgIpc) is 3.12. The molecule has 1 aliphatic carbocycles. The SMILES string of the molecule is CCCNc1ccc(C(=O)NC2(C)CC2)cc1C(F)(F)F. The zero-order valence-electron chi connectivity index (χ0n) is 12.1. The number of alkyl halides is 3. The maximum absolute atomic E-state index is 13.1. The molecule has 0 radical (unpaired) electrons. The minimum absolute atomic E-state index is 0.0125. The Balaban J connectivity index is 2.25. The van der Waals surface area contributed by atoms with Gasteiger partial charge < -0.3 is 10.6 Å². The van der Waals surface area contributed by atoms with Crippen LogP contribution in [0.5, 0.6) is 0 Å². The first-order valence-corrected chi connectivity index (χ1v) is 7.03. The maximum atomic E-state index is 13.1. The molecule has 6 heteroatoms. The molecule has 1 amide bonds. The van der Waals surface area contributed by atoms with Crippen LogP contribution in [-0.4, -0.2) is 18.0 Å². The van der Waals surface area contributed by atoms with Crippen molar-refractivity contribution >= 4 is 11.6 Å². The summed E-state index contributed by atoms with van der Waals surface area (Å²) >= 11 is 0. The van der Waals surface area contributed by atoms with E-state index in [1.807, 2.05) is 13.8 Å². The van der Waals surface area contributed by atoms with Crippen LogP contribution in [0.4, 0.5) is 18.9 Å². The number of halogens is 3. The summed E-state index contributed by atoms with van der Waals surface area (Å²) in [6.45, 7) is 4.21. The van der Waals surface area contributed by atoms with Crippen LogP contribution < -0.4 is 10.6 Å². The molecule has 0 heterocycles. The number of carbonyl (C=O) groups is 1. The number of rotatable bonds is 5. The molecular weight excluding hydrogens is 281 g/mol. The third kappa shape index (κ3) is 3.89. The summed E-state index contributed by atoms with van der Waals surface area (Å²) in [6.07, 6.45) is -2.05. The Labute approximate surface area is 121 Å². The highest BCUT2D eigenvalue weighted by Crippen LogP contribution is 2.37. The van der Waals surface area contributed by atoms with E-state index in [0.717, 1.165) is 25.3 Å². The molecule has 0 atom stereocenters. The summed E-state index contributed by atoms with van der Waals surface area (Å²) in [7, 11) is 0. The minimum Gasteiger partial charge on any atom is -0.385 e. The number of hydrogen-bond donors (Lipinski definition) is 2. The number of benzene rings is 1. The lowest BCUT2D eigenvalue weighted by molar-refractivity contribution is -0.137. The largest absolute Gasteiger partial charge is 0.418 e. The molecule has 116 valence electrons. The monoisotopic (exact) mass is 300 g/mol. The summed E-state index contributed by atoms with van der Waals surface area (Å²) in [4.78, 5) is 12.0. The van der Waals surface area contributed by atoms with Crippen LogP contribution in [-0.2, 0) is 6.18 Å². The smallest absolute Gasteiger partial charge is 0.385 e. The van der Waals surface area contributed by atoms with Gasteiger partial charge in [-0.15, -0.1) is 0 Å². The highest BCUT2D eigenvalue weighted by atomic mass is 19.4. The summed E-state index contributed by atoms with van der Waals surface area (Å²) < 4.78 is 39.3. The van der Waals surface area contributed by atoms with E-state index in [9.17, 15) is 18.0 Å². The molecule has 1 aromatic carbocycles. The molecule has 0 bridgehead atoms. The van der Waals surface area contributed by atoms with Gasteiger partial charge in [0.2, 0.25) is 0 Å². The highest BCUT2D eigenvalue weighted by molar-refractivity contribution is 5.95. The van der Waals surface area contributed by atoms with Gasteiger partial charge in [-0.1, -0.05) is 6.92 Å². The Bertz CT molecular complexity index is 536. The van der Waals surface area contributed by atoms with E-state index >= 15 is 0 Å². The fraction of sp³-hybridized carbons (Fsp3) is 0.533. The Morgan fingerprint density at radius 2 is 2.00 bits per heavy atom. The van der Waals surface area contributed by atoms with Crippen molar-refractivity contribution in [2.24, 2.45) is 0 Å². The Hall–Kier alpha value is -1.72. The molecule has 0 saturated heterocycles. The molecule has 1 aromatic rings. The van der Waals surface area contributed by atoms with Gasteiger partial charge in [-0.25, -0.2) is 0 Å². The van der Waals surface area contributed by atoms with Crippen molar-refractivity contribution in [1.29, 1.82) is 0 Å². The minimum atomic E-state index is -4.49. The van der Waals surface area contributed by atoms with E-state index in [-0.39, 0.29) is 16.8 Å². The second-order valence-corrected chi connectivity index (χ2v) is 5.70. The van der Waals surface area contributed by atoms with Crippen LogP contribution >= 0.6 is 0 Å². The van der Waals surface area contributed by atoms with Crippen LogP contribution in [0.2, 0.25) is 0 Å². The van der Waals surface area contributed by atoms with Crippen LogP contribution in [0.3, 0.4) is 0 Å². The quantitative estimate of drug-likeness (QED) is 0.868. The summed E-state index contributed by atoms with van der Waals surface area (Å²) in [5.41, 5.74) is -1.00. The zero-order chi connectivity index (χ0) is 15.7. The lowest BCUT2D eigenvalue weighted by Gasteiger charge is -2.17. The Morgan fingerprint density at radius 1 is 1.33 bits per heavy atom. The molecule has 0 spiro atoms. The molecule has 0 unspecified atom stereocenters. The van der Waals surface area contributed by atoms with Crippen LogP contribution in [0, 0.1) is 0 Å². The highest BCUT2D eigenvalue weighted by Gasteiger charge is 2.39. The van der Waals surface area contributed by atoms with E-state index in [1.165, 1.54) is 12.1 Å². The molecule has 2 N–H and O–H groups in total. The molecule has 0 aromatic heterocycles. The first-order valence-electron chi connectivity index (χ1n) is 7.03. The lowest BCUT2D eigenvalue weighted by atomic mass is 10.1. The van der Waals surface area contributed by atoms with Gasteiger partial charge in [-0.3, -0.25) is 4.79 Å². The Kier molecular flexibility index (Phi) is 4.16. The molecule has 1 aliphatic rings. The van der Waals surface area contributed by atoms with Gasteiger partial charge in [0.05, 0.1) is 5.56 Å². The van der Waals surface area contributed by atoms with Gasteiger partial charge in [-0.05, 0) is 44.4 Å². The number of anilines is 1. The van der Waals surface area contributed by atoms with Gasteiger partial charge in [0.25, 0.3) is 5.91 Å². The first kappa shape index (κ1) is 15.7. The van der Waals surface area contributed by atoms with E-state index in [2.05, 4.69) is 10.6 Å². The summed E-state index contributed by atoms with van der Waals surface area (Å²) in [5.74, 6) is -0.456. The summed E-state index contributed by atoms with van der Waals surface area (Å²) in [6, 6.07) is 3.66. The van der Waals surface area contributed by atoms with Crippen molar-refractivity contribution in [2.75, 3.05) is 11.9 Å². The van der Waals surface area contributed by atoms with E-state index in [4.69, 9.17) is 0 Å². The topological polar surface area (TPSA) is 41.1 Å². The van der Waals surface area contributed by atoms with Crippen molar-refractivity contribution in [1.82, 2.24) is 5.32 Å². The fourth-order valence-electron chi connectivity index (χ4n) is 1.99. The van der Waals surface area contributed by atoms with E-state index in [0.29, 0.717) is 6.54 Å². The van der Waals surface area contributed by atoms with E-state index in [1.54, 1.807) is 0 Å². The van der Waals surface area contributed by atoms with Gasteiger partial charge in [0.15, 0.2) is 0 Å². The van der Waals surface area contributed by atoms with Crippen molar-refractivity contribution in [3.8, 4) is 0 Å². The second kappa shape index (κ2) is 5.58. The normalized spacial score (nSPS) is 16.4. The lowest BCUT2D eigenvalue weighted by Crippen LogP contribution is -2.34. The van der Waals surface area contributed by atoms with Crippen LogP contribution in [0.1, 0.15) is 49.0 Å². The van der Waals surface area contributed by atoms with Gasteiger partial charge in [0, 0.05) is 23.3 Å². The third-order valence-electron chi connectivity index (χ3n) is 3.57. The number of amides is 1. The van der Waals surface area contributed by atoms with Crippen molar-refractivity contribution in [3.05, 3.63) is 29.3 Å². The average molecular weight is 300 g/mol. The predicted molar refractivity (Wildman–Crippen MR) is 75.3 cm³/mol. The Morgan fingerprint density at radius 3 is 2.52 bits per heavy atom. The van der Waals surface area contributed by atoms with Crippen molar-refractivity contribution in [3.63, 3.8) is 0 Å². The second-order valence-electron chi connectivity index (χ2n) is 5.70. The molecule has 2 rings (SSSR count). The standard InChI is InChI=1S/C15H19F3N2O/c1-3-8-19-12-5-4-10(9-11(12)15(16,17)18)13(21)20-14(2)6-7-14/h4-5,9,19H,3,6-8H2,1-2H3,(H,20,21). The molecule has 1 fully saturated rings. The maximum Gasteiger partial charge on any atom is 0.418 e. The van der Waals surface area contributed by atoms with E-state index < -0.39 is 17.6 Å². The zero-order valence-corrected chi connectivity index (χ0v) is 12.1. The predicted octanol–water partition coefficient (Wildman–Crippen LogP) is 3.81. The van der Waals surface area contributed by atoms with Gasteiger partial charge >= 0.3 is 6.18 Å². The van der Waals surface area contributed by atoms with Crippen LogP contribution in [0.25, 0.3) is 0 Å². The van der Waals surface area contributed by atoms with Crippen LogP contribution in [0.15, 0.2) is 18.2 Å². The van der Waals surface area contributed by atoms with Crippen molar-refractivity contribution in [2.45, 2.75) is 44.8 Å². The number of carbonyl (C=O) groups excluding carboxylic acids is 1. The molecule has 0 aliphatic heterocycles. The molecule has 1 saturated carbocycles. The fourth-order valence-corrected chi connectivity index (χ4v) is 1.99. The van der Waals surface area contributed by atoms with Gasteiger partial charge in [-0.2, -0.15) is 13.2 Å². The summed E-state index contributed by atoms with van der Waals surface area (Å²) in [5, 5.41) is 5.51. The van der Waals surface area contributed by atoms with Crippen molar-refractivity contribution < 1.29 is 18.0 Å². The van der Waals surface area contributed by atoms with Gasteiger partial charge in [0.1, 0.15) is 0 Å².